The van der Waals surface area contributed by atoms with Gasteiger partial charge in [-0.2, -0.15) is 0 Å². The molecular weight excluding hydrogens is 200 g/mol. The maximum absolute atomic E-state index is 10.9. The van der Waals surface area contributed by atoms with Gasteiger partial charge in [0.05, 0.1) is 5.92 Å². The second kappa shape index (κ2) is 6.93. The molecule has 0 aliphatic rings. The summed E-state index contributed by atoms with van der Waals surface area (Å²) in [5, 5.41) is 8.96. The molecule has 0 heterocycles. The minimum Gasteiger partial charge on any atom is -0.481 e. The fraction of sp³-hybridized carbons (Fsp3) is 0.929. The lowest BCUT2D eigenvalue weighted by atomic mass is 9.76. The zero-order chi connectivity index (χ0) is 12.8. The molecule has 0 rings (SSSR count). The summed E-state index contributed by atoms with van der Waals surface area (Å²) in [6.45, 7) is 11.0. The molecule has 0 spiro atoms. The predicted octanol–water partition coefficient (Wildman–Crippen LogP) is 4.34. The largest absolute Gasteiger partial charge is 0.481 e. The van der Waals surface area contributed by atoms with Gasteiger partial charge in [-0.15, -0.1) is 0 Å². The minimum atomic E-state index is -0.633. The second-order valence-corrected chi connectivity index (χ2v) is 5.85. The zero-order valence-electron chi connectivity index (χ0n) is 11.5. The first-order valence-electron chi connectivity index (χ1n) is 6.55. The van der Waals surface area contributed by atoms with Gasteiger partial charge in [-0.25, -0.2) is 0 Å². The summed E-state index contributed by atoms with van der Waals surface area (Å²) in [5.41, 5.74) is 0.347. The zero-order valence-corrected chi connectivity index (χ0v) is 11.5. The van der Waals surface area contributed by atoms with Gasteiger partial charge in [0.25, 0.3) is 0 Å². The van der Waals surface area contributed by atoms with Crippen LogP contribution in [0.3, 0.4) is 0 Å². The Balaban J connectivity index is 4.00. The molecule has 0 aromatic heterocycles. The molecule has 0 radical (unpaired) electrons. The molecule has 96 valence electrons. The molecule has 0 aromatic carbocycles. The van der Waals surface area contributed by atoms with Gasteiger partial charge in [-0.1, -0.05) is 47.5 Å². The Labute approximate surface area is 100 Å². The van der Waals surface area contributed by atoms with Crippen molar-refractivity contribution >= 4 is 5.97 Å². The van der Waals surface area contributed by atoms with Crippen LogP contribution >= 0.6 is 0 Å². The number of carboxylic acids is 1. The molecule has 2 unspecified atom stereocenters. The fourth-order valence-electron chi connectivity index (χ4n) is 2.36. The third-order valence-electron chi connectivity index (χ3n) is 3.66. The third-order valence-corrected chi connectivity index (χ3v) is 3.66. The molecule has 2 atom stereocenters. The normalized spacial score (nSPS) is 15.8. The average Bonchev–Trinajstić information content (AvgIpc) is 2.15. The van der Waals surface area contributed by atoms with Gasteiger partial charge < -0.3 is 5.11 Å². The van der Waals surface area contributed by atoms with E-state index >= 15 is 0 Å². The Morgan fingerprint density at radius 2 is 1.69 bits per heavy atom. The van der Waals surface area contributed by atoms with Gasteiger partial charge >= 0.3 is 5.97 Å². The van der Waals surface area contributed by atoms with Crippen molar-refractivity contribution in [1.82, 2.24) is 0 Å². The standard InChI is InChI=1S/C14H28O2/c1-6-11(13(15)16)9-8-10-12(7-2)14(3,4)5/h11-12H,6-10H2,1-5H3,(H,15,16). The minimum absolute atomic E-state index is 0.141. The number of hydrogen-bond acceptors (Lipinski definition) is 1. The van der Waals surface area contributed by atoms with Gasteiger partial charge in [0.15, 0.2) is 0 Å². The summed E-state index contributed by atoms with van der Waals surface area (Å²) in [6.07, 6.45) is 4.97. The SMILES string of the molecule is CCC(CCCC(CC)C(C)(C)C)C(=O)O. The molecule has 0 aliphatic heterocycles. The Morgan fingerprint density at radius 1 is 1.12 bits per heavy atom. The Hall–Kier alpha value is -0.530. The van der Waals surface area contributed by atoms with E-state index < -0.39 is 5.97 Å². The number of hydrogen-bond donors (Lipinski definition) is 1. The van der Waals surface area contributed by atoms with E-state index in [1.807, 2.05) is 6.92 Å². The highest BCUT2D eigenvalue weighted by Crippen LogP contribution is 2.33. The lowest BCUT2D eigenvalue weighted by molar-refractivity contribution is -0.142. The van der Waals surface area contributed by atoms with E-state index in [4.69, 9.17) is 5.11 Å². The molecule has 2 heteroatoms. The van der Waals surface area contributed by atoms with E-state index in [-0.39, 0.29) is 5.92 Å². The van der Waals surface area contributed by atoms with E-state index in [1.165, 1.54) is 6.42 Å². The maximum Gasteiger partial charge on any atom is 0.306 e. The summed E-state index contributed by atoms with van der Waals surface area (Å²) in [4.78, 5) is 10.9. The number of carboxylic acid groups (broad SMARTS) is 1. The van der Waals surface area contributed by atoms with Crippen molar-refractivity contribution in [3.05, 3.63) is 0 Å². The Morgan fingerprint density at radius 3 is 2.00 bits per heavy atom. The molecule has 0 aliphatic carbocycles. The highest BCUT2D eigenvalue weighted by Gasteiger charge is 2.23. The molecule has 0 saturated carbocycles. The first kappa shape index (κ1) is 15.5. The van der Waals surface area contributed by atoms with Gasteiger partial charge in [0, 0.05) is 0 Å². The maximum atomic E-state index is 10.9. The Bertz CT molecular complexity index is 203. The number of carbonyl (C=O) groups is 1. The molecule has 0 fully saturated rings. The molecule has 0 amide bonds. The summed E-state index contributed by atoms with van der Waals surface area (Å²) in [7, 11) is 0. The Kier molecular flexibility index (Phi) is 6.70. The first-order chi connectivity index (χ1) is 7.32. The van der Waals surface area contributed by atoms with E-state index in [9.17, 15) is 4.79 Å². The van der Waals surface area contributed by atoms with Crippen LogP contribution in [0.5, 0.6) is 0 Å². The van der Waals surface area contributed by atoms with Crippen LogP contribution in [0.25, 0.3) is 0 Å². The van der Waals surface area contributed by atoms with Gasteiger partial charge in [-0.3, -0.25) is 4.79 Å². The van der Waals surface area contributed by atoms with Gasteiger partial charge in [0.2, 0.25) is 0 Å². The van der Waals surface area contributed by atoms with E-state index in [0.29, 0.717) is 11.3 Å². The van der Waals surface area contributed by atoms with Crippen molar-refractivity contribution in [1.29, 1.82) is 0 Å². The summed E-state index contributed by atoms with van der Waals surface area (Å²) in [5.74, 6) is -0.0671. The lowest BCUT2D eigenvalue weighted by Crippen LogP contribution is -2.20. The molecule has 0 aromatic rings. The molecular formula is C14H28O2. The number of rotatable bonds is 7. The van der Waals surface area contributed by atoms with Crippen molar-refractivity contribution < 1.29 is 9.90 Å². The molecule has 1 N–H and O–H groups in total. The third kappa shape index (κ3) is 5.53. The summed E-state index contributed by atoms with van der Waals surface area (Å²) >= 11 is 0. The smallest absolute Gasteiger partial charge is 0.306 e. The van der Waals surface area contributed by atoms with Crippen LogP contribution in [-0.4, -0.2) is 11.1 Å². The van der Waals surface area contributed by atoms with Crippen LogP contribution < -0.4 is 0 Å². The van der Waals surface area contributed by atoms with Crippen LogP contribution in [-0.2, 0) is 4.79 Å². The quantitative estimate of drug-likeness (QED) is 0.703. The van der Waals surface area contributed by atoms with Crippen molar-refractivity contribution in [3.63, 3.8) is 0 Å². The molecule has 0 saturated heterocycles. The van der Waals surface area contributed by atoms with Crippen molar-refractivity contribution in [2.45, 2.75) is 66.7 Å². The van der Waals surface area contributed by atoms with Crippen LogP contribution in [0.15, 0.2) is 0 Å². The van der Waals surface area contributed by atoms with Gasteiger partial charge in [0.1, 0.15) is 0 Å². The summed E-state index contributed by atoms with van der Waals surface area (Å²) < 4.78 is 0. The topological polar surface area (TPSA) is 37.3 Å². The first-order valence-corrected chi connectivity index (χ1v) is 6.55. The molecule has 2 nitrogen and oxygen atoms in total. The monoisotopic (exact) mass is 228 g/mol. The second-order valence-electron chi connectivity index (χ2n) is 5.85. The van der Waals surface area contributed by atoms with Gasteiger partial charge in [-0.05, 0) is 30.6 Å². The van der Waals surface area contributed by atoms with Crippen molar-refractivity contribution in [3.8, 4) is 0 Å². The van der Waals surface area contributed by atoms with Crippen LogP contribution in [0.4, 0.5) is 0 Å². The number of aliphatic carboxylic acids is 1. The highest BCUT2D eigenvalue weighted by molar-refractivity contribution is 5.69. The van der Waals surface area contributed by atoms with E-state index in [1.54, 1.807) is 0 Å². The van der Waals surface area contributed by atoms with Crippen molar-refractivity contribution in [2.24, 2.45) is 17.3 Å². The van der Waals surface area contributed by atoms with Crippen molar-refractivity contribution in [2.75, 3.05) is 0 Å². The predicted molar refractivity (Wildman–Crippen MR) is 68.5 cm³/mol. The van der Waals surface area contributed by atoms with E-state index in [2.05, 4.69) is 27.7 Å². The lowest BCUT2D eigenvalue weighted by Gasteiger charge is -2.30. The average molecular weight is 228 g/mol. The summed E-state index contributed by atoms with van der Waals surface area (Å²) in [6, 6.07) is 0. The van der Waals surface area contributed by atoms with Crippen LogP contribution in [0.1, 0.15) is 66.7 Å². The van der Waals surface area contributed by atoms with Crippen LogP contribution in [0, 0.1) is 17.3 Å². The fourth-order valence-corrected chi connectivity index (χ4v) is 2.36. The van der Waals surface area contributed by atoms with E-state index in [0.717, 1.165) is 25.7 Å². The highest BCUT2D eigenvalue weighted by atomic mass is 16.4. The molecule has 0 bridgehead atoms. The molecule has 16 heavy (non-hydrogen) atoms. The van der Waals surface area contributed by atoms with Crippen LogP contribution in [0.2, 0.25) is 0 Å².